The average molecular weight is 208 g/mol. The van der Waals surface area contributed by atoms with Crippen LogP contribution in [0.3, 0.4) is 0 Å². The number of halogens is 1. The largest absolute Gasteiger partial charge is 2.00 e. The van der Waals surface area contributed by atoms with E-state index in [4.69, 9.17) is 9.90 Å². The van der Waals surface area contributed by atoms with Gasteiger partial charge in [0.2, 0.25) is 0 Å². The van der Waals surface area contributed by atoms with E-state index in [0.29, 0.717) is 0 Å². The van der Waals surface area contributed by atoms with Crippen LogP contribution in [0.4, 0.5) is 4.79 Å². The molecule has 0 unspecified atom stereocenters. The molecule has 0 heterocycles. The van der Waals surface area contributed by atoms with Crippen molar-refractivity contribution < 1.29 is 49.6 Å². The summed E-state index contributed by atoms with van der Waals surface area (Å²) >= 11 is 0. The van der Waals surface area contributed by atoms with E-state index in [-0.39, 0.29) is 39.7 Å². The molecule has 0 aliphatic heterocycles. The summed E-state index contributed by atoms with van der Waals surface area (Å²) in [4.78, 5) is 8.67. The normalized spacial score (nSPS) is 4.00. The third-order valence-corrected chi connectivity index (χ3v) is 0. The van der Waals surface area contributed by atoms with Crippen LogP contribution in [0, 0.1) is 0 Å². The fourth-order valence-corrected chi connectivity index (χ4v) is 0. The van der Waals surface area contributed by atoms with Gasteiger partial charge in [-0.2, -0.15) is 0 Å². The fraction of sp³-hybridized carbons (Fsp3) is 0. The monoisotopic (exact) mass is 209 g/mol. The van der Waals surface area contributed by atoms with Crippen molar-refractivity contribution in [3.8, 4) is 0 Å². The molecule has 0 fully saturated rings. The Bertz CT molecular complexity index is 36.5. The number of carbonyl (C=O) groups excluding carboxylic acids is 1. The van der Waals surface area contributed by atoms with Crippen molar-refractivity contribution in [3.05, 3.63) is 0 Å². The van der Waals surface area contributed by atoms with Crippen molar-refractivity contribution in [3.63, 3.8) is 0 Å². The van der Waals surface area contributed by atoms with Gasteiger partial charge in [0.15, 0.2) is 0 Å². The van der Waals surface area contributed by atoms with Gasteiger partial charge in [0.1, 0.15) is 6.09 Å². The van der Waals surface area contributed by atoms with Crippen LogP contribution in [-0.2, 0) is 27.3 Å². The van der Waals surface area contributed by atoms with Crippen LogP contribution in [0.25, 0.3) is 0 Å². The SMILES string of the molecule is NC(=O)[O-].[Cd+2].[Cl-]. The molecule has 0 spiro atoms. The van der Waals surface area contributed by atoms with Gasteiger partial charge >= 0.3 is 27.3 Å². The van der Waals surface area contributed by atoms with Gasteiger partial charge in [0, 0.05) is 0 Å². The third-order valence-electron chi connectivity index (χ3n) is 0. The molecule has 0 saturated heterocycles. The molecule has 0 aliphatic rings. The number of amides is 1. The molecular weight excluding hydrogens is 206 g/mol. The molecule has 0 radical (unpaired) electrons. The predicted molar refractivity (Wildman–Crippen MR) is 9.58 cm³/mol. The Morgan fingerprint density at radius 2 is 1.67 bits per heavy atom. The Labute approximate surface area is 61.5 Å². The fourth-order valence-electron chi connectivity index (χ4n) is 0. The standard InChI is InChI=1S/CH3NO2.Cd.ClH/c2-1(3)4;;/h2H2,(H,3,4);;1H/q;+2;/p-2. The second-order valence-electron chi connectivity index (χ2n) is 0.319. The molecule has 0 aromatic heterocycles. The molecule has 5 heteroatoms. The zero-order chi connectivity index (χ0) is 3.58. The molecular formula is CH2CdClNO2. The topological polar surface area (TPSA) is 66.2 Å². The van der Waals surface area contributed by atoms with Crippen LogP contribution in [0.2, 0.25) is 0 Å². The number of rotatable bonds is 0. The first-order chi connectivity index (χ1) is 1.73. The molecule has 0 aromatic carbocycles. The van der Waals surface area contributed by atoms with E-state index in [2.05, 4.69) is 5.73 Å². The summed E-state index contributed by atoms with van der Waals surface area (Å²) in [5.74, 6) is 0. The summed E-state index contributed by atoms with van der Waals surface area (Å²) in [6.45, 7) is 0. The smallest absolute Gasteiger partial charge is 1.00 e. The summed E-state index contributed by atoms with van der Waals surface area (Å²) in [5.41, 5.74) is 3.92. The maximum atomic E-state index is 8.67. The summed E-state index contributed by atoms with van der Waals surface area (Å²) in [6.07, 6.45) is -1.58. The minimum atomic E-state index is -1.58. The molecule has 3 nitrogen and oxygen atoms in total. The molecule has 6 heavy (non-hydrogen) atoms. The second kappa shape index (κ2) is 9.08. The molecule has 0 aromatic rings. The Balaban J connectivity index is -0.0000000450. The zero-order valence-corrected chi connectivity index (χ0v) is 7.77. The molecule has 0 saturated carbocycles. The summed E-state index contributed by atoms with van der Waals surface area (Å²) in [7, 11) is 0. The number of hydrogen-bond donors (Lipinski definition) is 1. The molecule has 32 valence electrons. The van der Waals surface area contributed by atoms with E-state index >= 15 is 0 Å². The van der Waals surface area contributed by atoms with Gasteiger partial charge in [-0.15, -0.1) is 0 Å². The number of carbonyl (C=O) groups is 1. The van der Waals surface area contributed by atoms with E-state index < -0.39 is 6.09 Å². The first kappa shape index (κ1) is 16.1. The maximum absolute atomic E-state index is 8.67. The van der Waals surface area contributed by atoms with Crippen LogP contribution < -0.4 is 23.2 Å². The Morgan fingerprint density at radius 3 is 1.67 bits per heavy atom. The maximum Gasteiger partial charge on any atom is 2.00 e. The first-order valence-corrected chi connectivity index (χ1v) is 0.697. The van der Waals surface area contributed by atoms with Crippen LogP contribution in [0.5, 0.6) is 0 Å². The van der Waals surface area contributed by atoms with E-state index in [1.54, 1.807) is 0 Å². The van der Waals surface area contributed by atoms with Crippen molar-refractivity contribution in [2.24, 2.45) is 5.73 Å². The van der Waals surface area contributed by atoms with Crippen molar-refractivity contribution in [2.75, 3.05) is 0 Å². The molecule has 2 N–H and O–H groups in total. The Kier molecular flexibility index (Phi) is 24.3. The van der Waals surface area contributed by atoms with Crippen LogP contribution in [-0.4, -0.2) is 6.09 Å². The van der Waals surface area contributed by atoms with Gasteiger partial charge in [-0.1, -0.05) is 0 Å². The van der Waals surface area contributed by atoms with Crippen molar-refractivity contribution >= 4 is 6.09 Å². The quantitative estimate of drug-likeness (QED) is 0.406. The molecule has 0 aliphatic carbocycles. The van der Waals surface area contributed by atoms with Crippen molar-refractivity contribution in [1.82, 2.24) is 0 Å². The van der Waals surface area contributed by atoms with Crippen molar-refractivity contribution in [1.29, 1.82) is 0 Å². The minimum Gasteiger partial charge on any atom is -1.00 e. The molecule has 1 amide bonds. The predicted octanol–water partition coefficient (Wildman–Crippen LogP) is -4.71. The zero-order valence-electron chi connectivity index (χ0n) is 2.98. The molecule has 0 rings (SSSR count). The number of hydrogen-bond acceptors (Lipinski definition) is 2. The third kappa shape index (κ3) is 234. The Morgan fingerprint density at radius 1 is 1.67 bits per heavy atom. The van der Waals surface area contributed by atoms with E-state index in [0.717, 1.165) is 0 Å². The number of primary amides is 1. The molecule has 0 bridgehead atoms. The van der Waals surface area contributed by atoms with Crippen LogP contribution in [0.15, 0.2) is 0 Å². The second-order valence-corrected chi connectivity index (χ2v) is 0.319. The van der Waals surface area contributed by atoms with Crippen molar-refractivity contribution in [2.45, 2.75) is 0 Å². The number of nitrogens with two attached hydrogens (primary N) is 1. The minimum absolute atomic E-state index is 0. The van der Waals surface area contributed by atoms with Gasteiger partial charge in [0.05, 0.1) is 0 Å². The first-order valence-electron chi connectivity index (χ1n) is 0.697. The Hall–Kier alpha value is 0.482. The van der Waals surface area contributed by atoms with Gasteiger partial charge in [-0.25, -0.2) is 0 Å². The van der Waals surface area contributed by atoms with Gasteiger partial charge in [-0.05, 0) is 0 Å². The summed E-state index contributed by atoms with van der Waals surface area (Å²) in [6, 6.07) is 0. The van der Waals surface area contributed by atoms with Gasteiger partial charge < -0.3 is 28.0 Å². The van der Waals surface area contributed by atoms with Crippen LogP contribution >= 0.6 is 0 Å². The van der Waals surface area contributed by atoms with E-state index in [1.807, 2.05) is 0 Å². The van der Waals surface area contributed by atoms with Gasteiger partial charge in [0.25, 0.3) is 0 Å². The van der Waals surface area contributed by atoms with E-state index in [1.165, 1.54) is 0 Å². The summed E-state index contributed by atoms with van der Waals surface area (Å²) in [5, 5.41) is 8.67. The van der Waals surface area contributed by atoms with E-state index in [9.17, 15) is 0 Å². The van der Waals surface area contributed by atoms with Crippen LogP contribution in [0.1, 0.15) is 0 Å². The molecule has 0 atom stereocenters. The average Bonchev–Trinajstić information content (AvgIpc) is 0.811. The summed E-state index contributed by atoms with van der Waals surface area (Å²) < 4.78 is 0. The number of carboxylic acid groups (broad SMARTS) is 1. The van der Waals surface area contributed by atoms with Gasteiger partial charge in [-0.3, -0.25) is 0 Å².